The van der Waals surface area contributed by atoms with E-state index in [-0.39, 0.29) is 17.5 Å². The standard InChI is InChI=1S/C27H27N5O4S/c1-17-8-9-19(15-24(17)37(34,35)29-16-21-5-4-14-36-21)25-22-6-2-3-7-23(22)27(32-31-25)30-20-12-10-18(11-13-20)26(28)33/h2-3,6-13,15,21,29H,4-5,14,16H2,1H3,(H2,28,33)(H,30,32)/t21-/m1/s1. The number of ether oxygens (including phenoxy) is 1. The third-order valence-corrected chi connectivity index (χ3v) is 7.96. The molecule has 9 nitrogen and oxygen atoms in total. The molecule has 1 saturated heterocycles. The summed E-state index contributed by atoms with van der Waals surface area (Å²) in [5, 5.41) is 13.7. The molecule has 1 fully saturated rings. The normalized spacial score (nSPS) is 15.6. The van der Waals surface area contributed by atoms with Crippen LogP contribution in [0.4, 0.5) is 11.5 Å². The highest BCUT2D eigenvalue weighted by Gasteiger charge is 2.23. The summed E-state index contributed by atoms with van der Waals surface area (Å²) in [5.41, 5.74) is 8.31. The van der Waals surface area contributed by atoms with E-state index in [1.807, 2.05) is 30.3 Å². The second-order valence-electron chi connectivity index (χ2n) is 8.98. The van der Waals surface area contributed by atoms with Crippen LogP contribution in [0.25, 0.3) is 22.0 Å². The number of benzene rings is 3. The van der Waals surface area contributed by atoms with Crippen molar-refractivity contribution in [3.8, 4) is 11.3 Å². The number of aryl methyl sites for hydroxylation is 1. The Morgan fingerprint density at radius 1 is 1.05 bits per heavy atom. The number of nitrogens with two attached hydrogens (primary N) is 1. The van der Waals surface area contributed by atoms with Crippen molar-refractivity contribution in [1.29, 1.82) is 0 Å². The van der Waals surface area contributed by atoms with Gasteiger partial charge in [0.15, 0.2) is 5.82 Å². The van der Waals surface area contributed by atoms with Gasteiger partial charge in [-0.2, -0.15) is 0 Å². The summed E-state index contributed by atoms with van der Waals surface area (Å²) >= 11 is 0. The lowest BCUT2D eigenvalue weighted by atomic mass is 10.0. The van der Waals surface area contributed by atoms with E-state index < -0.39 is 15.9 Å². The van der Waals surface area contributed by atoms with E-state index >= 15 is 0 Å². The molecule has 1 atom stereocenters. The highest BCUT2D eigenvalue weighted by Crippen LogP contribution is 2.32. The van der Waals surface area contributed by atoms with Gasteiger partial charge in [-0.15, -0.1) is 10.2 Å². The number of rotatable bonds is 8. The van der Waals surface area contributed by atoms with Crippen molar-refractivity contribution in [2.45, 2.75) is 30.8 Å². The summed E-state index contributed by atoms with van der Waals surface area (Å²) in [4.78, 5) is 11.6. The molecule has 0 unspecified atom stereocenters. The number of anilines is 2. The zero-order valence-corrected chi connectivity index (χ0v) is 21.1. The average molecular weight is 518 g/mol. The SMILES string of the molecule is Cc1ccc(-c2nnc(Nc3ccc(C(N)=O)cc3)c3ccccc23)cc1S(=O)(=O)NC[C@H]1CCCO1. The predicted octanol–water partition coefficient (Wildman–Crippen LogP) is 3.91. The molecule has 10 heteroatoms. The van der Waals surface area contributed by atoms with Crippen molar-refractivity contribution in [2.75, 3.05) is 18.5 Å². The molecule has 0 bridgehead atoms. The third kappa shape index (κ3) is 5.31. The second-order valence-corrected chi connectivity index (χ2v) is 10.7. The Labute approximate surface area is 215 Å². The number of carbonyl (C=O) groups is 1. The van der Waals surface area contributed by atoms with Gasteiger partial charge in [-0.3, -0.25) is 4.79 Å². The third-order valence-electron chi connectivity index (χ3n) is 6.40. The van der Waals surface area contributed by atoms with Crippen LogP contribution in [-0.4, -0.2) is 43.8 Å². The molecule has 0 aliphatic carbocycles. The van der Waals surface area contributed by atoms with Gasteiger partial charge in [0, 0.05) is 40.7 Å². The number of amides is 1. The van der Waals surface area contributed by atoms with Crippen LogP contribution in [0.15, 0.2) is 71.6 Å². The van der Waals surface area contributed by atoms with Crippen molar-refractivity contribution >= 4 is 38.2 Å². The number of primary amides is 1. The lowest BCUT2D eigenvalue weighted by molar-refractivity contribution is 0.1000. The van der Waals surface area contributed by atoms with E-state index in [9.17, 15) is 13.2 Å². The predicted molar refractivity (Wildman–Crippen MR) is 142 cm³/mol. The van der Waals surface area contributed by atoms with E-state index in [2.05, 4.69) is 20.2 Å². The smallest absolute Gasteiger partial charge is 0.248 e. The fraction of sp³-hybridized carbons (Fsp3) is 0.222. The molecule has 3 aromatic carbocycles. The zero-order valence-electron chi connectivity index (χ0n) is 20.3. The Hall–Kier alpha value is -3.86. The number of fused-ring (bicyclic) bond motifs is 1. The lowest BCUT2D eigenvalue weighted by Crippen LogP contribution is -2.32. The Morgan fingerprint density at radius 2 is 1.81 bits per heavy atom. The highest BCUT2D eigenvalue weighted by molar-refractivity contribution is 7.89. The maximum absolute atomic E-state index is 13.1. The van der Waals surface area contributed by atoms with Crippen molar-refractivity contribution < 1.29 is 17.9 Å². The molecule has 190 valence electrons. The minimum absolute atomic E-state index is 0.0971. The van der Waals surface area contributed by atoms with Gasteiger partial charge in [0.25, 0.3) is 0 Å². The number of nitrogens with zero attached hydrogens (tertiary/aromatic N) is 2. The van der Waals surface area contributed by atoms with Crippen LogP contribution in [0.5, 0.6) is 0 Å². The van der Waals surface area contributed by atoms with Gasteiger partial charge in [0.2, 0.25) is 15.9 Å². The van der Waals surface area contributed by atoms with E-state index in [0.29, 0.717) is 34.8 Å². The number of sulfonamides is 1. The van der Waals surface area contributed by atoms with Crippen molar-refractivity contribution in [3.05, 3.63) is 77.9 Å². The van der Waals surface area contributed by atoms with Crippen molar-refractivity contribution in [3.63, 3.8) is 0 Å². The summed E-state index contributed by atoms with van der Waals surface area (Å²) in [6.45, 7) is 2.68. The van der Waals surface area contributed by atoms with Gasteiger partial charge >= 0.3 is 0 Å². The minimum atomic E-state index is -3.74. The quantitative estimate of drug-likeness (QED) is 0.322. The van der Waals surface area contributed by atoms with Crippen LogP contribution in [0, 0.1) is 6.92 Å². The van der Waals surface area contributed by atoms with E-state index in [0.717, 1.165) is 29.3 Å². The maximum Gasteiger partial charge on any atom is 0.248 e. The van der Waals surface area contributed by atoms with Gasteiger partial charge < -0.3 is 15.8 Å². The van der Waals surface area contributed by atoms with Crippen LogP contribution >= 0.6 is 0 Å². The Balaban J connectivity index is 1.48. The van der Waals surface area contributed by atoms with Crippen LogP contribution in [-0.2, 0) is 14.8 Å². The summed E-state index contributed by atoms with van der Waals surface area (Å²) in [6, 6.07) is 19.6. The molecule has 37 heavy (non-hydrogen) atoms. The molecule has 1 amide bonds. The van der Waals surface area contributed by atoms with Gasteiger partial charge in [0.05, 0.1) is 11.0 Å². The molecular formula is C27H27N5O4S. The minimum Gasteiger partial charge on any atom is -0.377 e. The summed E-state index contributed by atoms with van der Waals surface area (Å²) < 4.78 is 34.5. The van der Waals surface area contributed by atoms with Crippen LogP contribution in [0.2, 0.25) is 0 Å². The van der Waals surface area contributed by atoms with Gasteiger partial charge in [-0.25, -0.2) is 13.1 Å². The van der Waals surface area contributed by atoms with Crippen LogP contribution < -0.4 is 15.8 Å². The fourth-order valence-electron chi connectivity index (χ4n) is 4.39. The summed E-state index contributed by atoms with van der Waals surface area (Å²) in [6.07, 6.45) is 1.69. The lowest BCUT2D eigenvalue weighted by Gasteiger charge is -2.15. The van der Waals surface area contributed by atoms with Crippen molar-refractivity contribution in [1.82, 2.24) is 14.9 Å². The van der Waals surface area contributed by atoms with Gasteiger partial charge in [-0.1, -0.05) is 36.4 Å². The highest BCUT2D eigenvalue weighted by atomic mass is 32.2. The summed E-state index contributed by atoms with van der Waals surface area (Å²) in [5.74, 6) is 0.0343. The number of carbonyl (C=O) groups excluding carboxylic acids is 1. The zero-order chi connectivity index (χ0) is 26.0. The Morgan fingerprint density at radius 3 is 2.51 bits per heavy atom. The molecule has 4 N–H and O–H groups in total. The molecule has 0 spiro atoms. The Kier molecular flexibility index (Phi) is 6.88. The first-order chi connectivity index (χ1) is 17.8. The first kappa shape index (κ1) is 24.8. The van der Waals surface area contributed by atoms with E-state index in [1.54, 1.807) is 43.3 Å². The van der Waals surface area contributed by atoms with Crippen LogP contribution in [0.1, 0.15) is 28.8 Å². The first-order valence-corrected chi connectivity index (χ1v) is 13.4. The van der Waals surface area contributed by atoms with Gasteiger partial charge in [0.1, 0.15) is 5.69 Å². The van der Waals surface area contributed by atoms with E-state index in [4.69, 9.17) is 10.5 Å². The monoisotopic (exact) mass is 517 g/mol. The number of hydrogen-bond donors (Lipinski definition) is 3. The molecular weight excluding hydrogens is 490 g/mol. The van der Waals surface area contributed by atoms with Gasteiger partial charge in [-0.05, 0) is 55.7 Å². The second kappa shape index (κ2) is 10.3. The maximum atomic E-state index is 13.1. The van der Waals surface area contributed by atoms with Crippen LogP contribution in [0.3, 0.4) is 0 Å². The molecule has 2 heterocycles. The topological polar surface area (TPSA) is 136 Å². The average Bonchev–Trinajstić information content (AvgIpc) is 3.42. The molecule has 5 rings (SSSR count). The fourth-order valence-corrected chi connectivity index (χ4v) is 5.72. The van der Waals surface area contributed by atoms with Crippen molar-refractivity contribution in [2.24, 2.45) is 5.73 Å². The number of aromatic nitrogens is 2. The molecule has 1 aliphatic rings. The first-order valence-electron chi connectivity index (χ1n) is 12.0. The molecule has 1 aromatic heterocycles. The molecule has 4 aromatic rings. The molecule has 0 saturated carbocycles. The number of nitrogens with one attached hydrogen (secondary N) is 2. The Bertz CT molecular complexity index is 1570. The number of hydrogen-bond acceptors (Lipinski definition) is 7. The molecule has 1 aliphatic heterocycles. The molecule has 0 radical (unpaired) electrons. The summed E-state index contributed by atoms with van der Waals surface area (Å²) in [7, 11) is -3.74. The largest absolute Gasteiger partial charge is 0.377 e. The van der Waals surface area contributed by atoms with E-state index in [1.165, 1.54) is 0 Å².